The molecule has 3 N–H and O–H groups in total. The first kappa shape index (κ1) is 28.9. The van der Waals surface area contributed by atoms with Gasteiger partial charge in [-0.25, -0.2) is 0 Å². The van der Waals surface area contributed by atoms with Crippen LogP contribution < -0.4 is 11.1 Å². The van der Waals surface area contributed by atoms with Crippen LogP contribution in [0.2, 0.25) is 5.02 Å². The van der Waals surface area contributed by atoms with Crippen molar-refractivity contribution in [2.24, 2.45) is 11.1 Å². The Balaban J connectivity index is 1.84. The fourth-order valence-electron chi connectivity index (χ4n) is 3.95. The Labute approximate surface area is 230 Å². The van der Waals surface area contributed by atoms with E-state index in [2.05, 4.69) is 32.2 Å². The first-order valence-corrected chi connectivity index (χ1v) is 12.9. The molecule has 0 saturated heterocycles. The number of nitriles is 1. The summed E-state index contributed by atoms with van der Waals surface area (Å²) in [6.07, 6.45) is 0. The number of nitrogens with two attached hydrogens (primary N) is 1. The van der Waals surface area contributed by atoms with Crippen molar-refractivity contribution in [1.82, 2.24) is 4.90 Å². The molecule has 0 aliphatic carbocycles. The summed E-state index contributed by atoms with van der Waals surface area (Å²) in [7, 11) is 0. The van der Waals surface area contributed by atoms with Crippen molar-refractivity contribution in [2.75, 3.05) is 18.4 Å². The van der Waals surface area contributed by atoms with Crippen LogP contribution >= 0.6 is 11.6 Å². The Hall–Kier alpha value is -3.66. The van der Waals surface area contributed by atoms with Gasteiger partial charge in [-0.05, 0) is 83.1 Å². The first-order valence-electron chi connectivity index (χ1n) is 12.5. The molecular weight excluding hydrogens is 496 g/mol. The topological polar surface area (TPSA) is 99.2 Å². The quantitative estimate of drug-likeness (QED) is 0.352. The van der Waals surface area contributed by atoms with E-state index >= 15 is 0 Å². The van der Waals surface area contributed by atoms with E-state index in [0.29, 0.717) is 46.1 Å². The average molecular weight is 531 g/mol. The van der Waals surface area contributed by atoms with Crippen LogP contribution in [0.4, 0.5) is 5.69 Å². The van der Waals surface area contributed by atoms with Crippen molar-refractivity contribution in [2.45, 2.75) is 46.6 Å². The van der Waals surface area contributed by atoms with E-state index in [9.17, 15) is 9.59 Å². The van der Waals surface area contributed by atoms with Gasteiger partial charge >= 0.3 is 0 Å². The van der Waals surface area contributed by atoms with Gasteiger partial charge in [0.05, 0.1) is 11.6 Å². The largest absolute Gasteiger partial charge is 0.334 e. The van der Waals surface area contributed by atoms with Crippen molar-refractivity contribution < 1.29 is 9.59 Å². The summed E-state index contributed by atoms with van der Waals surface area (Å²) in [5, 5.41) is 12.5. The van der Waals surface area contributed by atoms with Crippen LogP contribution in [0.15, 0.2) is 66.7 Å². The minimum atomic E-state index is -0.334. The second-order valence-corrected chi connectivity index (χ2v) is 11.7. The zero-order valence-electron chi connectivity index (χ0n) is 22.6. The molecule has 0 bridgehead atoms. The molecule has 7 heteroatoms. The predicted octanol–water partition coefficient (Wildman–Crippen LogP) is 6.39. The molecule has 3 rings (SSSR count). The number of carbonyl (C=O) groups is 2. The zero-order valence-corrected chi connectivity index (χ0v) is 23.4. The van der Waals surface area contributed by atoms with Crippen LogP contribution in [-0.2, 0) is 12.0 Å². The van der Waals surface area contributed by atoms with E-state index in [-0.39, 0.29) is 29.2 Å². The van der Waals surface area contributed by atoms with Crippen LogP contribution in [0.5, 0.6) is 0 Å². The number of nitrogens with zero attached hydrogens (tertiary/aromatic N) is 2. The van der Waals surface area contributed by atoms with Gasteiger partial charge in [0.1, 0.15) is 0 Å². The fraction of sp³-hybridized carbons (Fsp3) is 0.323. The van der Waals surface area contributed by atoms with E-state index in [1.54, 1.807) is 47.4 Å². The van der Waals surface area contributed by atoms with Crippen LogP contribution in [0, 0.1) is 16.7 Å². The molecule has 0 fully saturated rings. The van der Waals surface area contributed by atoms with Gasteiger partial charge in [0.25, 0.3) is 11.8 Å². The number of nitrogens with one attached hydrogen (secondary N) is 1. The molecule has 3 aromatic rings. The summed E-state index contributed by atoms with van der Waals surface area (Å²) in [5.41, 5.74) is 9.57. The number of anilines is 1. The predicted molar refractivity (Wildman–Crippen MR) is 153 cm³/mol. The second-order valence-electron chi connectivity index (χ2n) is 11.3. The smallest absolute Gasteiger partial charge is 0.255 e. The van der Waals surface area contributed by atoms with Crippen molar-refractivity contribution >= 4 is 29.1 Å². The number of benzene rings is 3. The lowest BCUT2D eigenvalue weighted by atomic mass is 9.87. The molecule has 0 saturated carbocycles. The van der Waals surface area contributed by atoms with Crippen LogP contribution in [0.3, 0.4) is 0 Å². The lowest BCUT2D eigenvalue weighted by Crippen LogP contribution is -2.41. The van der Waals surface area contributed by atoms with Gasteiger partial charge in [-0.15, -0.1) is 0 Å². The minimum absolute atomic E-state index is 0.000375. The van der Waals surface area contributed by atoms with Gasteiger partial charge in [-0.1, -0.05) is 58.4 Å². The SMILES string of the molecule is CC(C)(CN)CN(Cc1cc(NC(=O)c2ccc(C(C)(C)C)cc2)ccc1Cl)C(=O)c1ccc(C#N)cc1. The molecule has 0 radical (unpaired) electrons. The standard InChI is InChI=1S/C31H35ClN4O2/c1-30(2,3)25-12-10-22(11-13-25)28(37)35-26-14-15-27(32)24(16-26)18-36(20-31(4,5)19-34)29(38)23-8-6-21(17-33)7-9-23/h6-16H,18-20,34H2,1-5H3,(H,35,37). The molecule has 0 spiro atoms. The van der Waals surface area contributed by atoms with Gasteiger partial charge in [-0.2, -0.15) is 5.26 Å². The molecule has 3 aromatic carbocycles. The maximum atomic E-state index is 13.5. The monoisotopic (exact) mass is 530 g/mol. The van der Waals surface area contributed by atoms with Gasteiger partial charge < -0.3 is 16.0 Å². The Morgan fingerprint density at radius 3 is 2.11 bits per heavy atom. The molecule has 0 atom stereocenters. The van der Waals surface area contributed by atoms with Crippen molar-refractivity contribution in [3.63, 3.8) is 0 Å². The molecule has 0 heterocycles. The molecule has 0 unspecified atom stereocenters. The van der Waals surface area contributed by atoms with Crippen molar-refractivity contribution in [3.8, 4) is 6.07 Å². The summed E-state index contributed by atoms with van der Waals surface area (Å²) in [6, 6.07) is 21.4. The average Bonchev–Trinajstić information content (AvgIpc) is 2.89. The Bertz CT molecular complexity index is 1330. The number of halogens is 1. The molecular formula is C31H35ClN4O2. The van der Waals surface area contributed by atoms with Gasteiger partial charge in [-0.3, -0.25) is 9.59 Å². The normalized spacial score (nSPS) is 11.5. The second kappa shape index (κ2) is 11.8. The van der Waals surface area contributed by atoms with Gasteiger partial charge in [0, 0.05) is 34.9 Å². The van der Waals surface area contributed by atoms with Crippen molar-refractivity contribution in [3.05, 3.63) is 99.6 Å². The maximum Gasteiger partial charge on any atom is 0.255 e. The molecule has 0 aliphatic rings. The number of rotatable bonds is 8. The lowest BCUT2D eigenvalue weighted by Gasteiger charge is -2.32. The van der Waals surface area contributed by atoms with E-state index < -0.39 is 0 Å². The summed E-state index contributed by atoms with van der Waals surface area (Å²) in [6.45, 7) is 11.4. The number of carbonyl (C=O) groups excluding carboxylic acids is 2. The Morgan fingerprint density at radius 1 is 0.947 bits per heavy atom. The zero-order chi connectivity index (χ0) is 28.1. The number of amides is 2. The highest BCUT2D eigenvalue weighted by atomic mass is 35.5. The molecule has 38 heavy (non-hydrogen) atoms. The van der Waals surface area contributed by atoms with E-state index in [1.165, 1.54) is 0 Å². The third-order valence-electron chi connectivity index (χ3n) is 6.40. The third-order valence-corrected chi connectivity index (χ3v) is 6.77. The number of hydrogen-bond donors (Lipinski definition) is 2. The summed E-state index contributed by atoms with van der Waals surface area (Å²) >= 11 is 6.54. The highest BCUT2D eigenvalue weighted by Gasteiger charge is 2.26. The van der Waals surface area contributed by atoms with Crippen LogP contribution in [0.1, 0.15) is 72.0 Å². The lowest BCUT2D eigenvalue weighted by molar-refractivity contribution is 0.0673. The van der Waals surface area contributed by atoms with Gasteiger partial charge in [0.2, 0.25) is 0 Å². The highest BCUT2D eigenvalue weighted by molar-refractivity contribution is 6.31. The molecule has 2 amide bonds. The summed E-state index contributed by atoms with van der Waals surface area (Å²) < 4.78 is 0. The van der Waals surface area contributed by atoms with E-state index in [1.807, 2.05) is 38.1 Å². The molecule has 0 aliphatic heterocycles. The van der Waals surface area contributed by atoms with Crippen LogP contribution in [0.25, 0.3) is 0 Å². The molecule has 198 valence electrons. The Kier molecular flexibility index (Phi) is 8.98. The molecule has 6 nitrogen and oxygen atoms in total. The highest BCUT2D eigenvalue weighted by Crippen LogP contribution is 2.26. The number of hydrogen-bond acceptors (Lipinski definition) is 4. The van der Waals surface area contributed by atoms with E-state index in [0.717, 1.165) is 5.56 Å². The van der Waals surface area contributed by atoms with E-state index in [4.69, 9.17) is 22.6 Å². The summed E-state index contributed by atoms with van der Waals surface area (Å²) in [4.78, 5) is 28.1. The molecule has 0 aromatic heterocycles. The van der Waals surface area contributed by atoms with Crippen molar-refractivity contribution in [1.29, 1.82) is 5.26 Å². The van der Waals surface area contributed by atoms with Crippen LogP contribution in [-0.4, -0.2) is 29.8 Å². The van der Waals surface area contributed by atoms with Gasteiger partial charge in [0.15, 0.2) is 0 Å². The minimum Gasteiger partial charge on any atom is -0.334 e. The first-order chi connectivity index (χ1) is 17.8. The Morgan fingerprint density at radius 2 is 1.55 bits per heavy atom. The fourth-order valence-corrected chi connectivity index (χ4v) is 4.13. The summed E-state index contributed by atoms with van der Waals surface area (Å²) in [5.74, 6) is -0.422. The third kappa shape index (κ3) is 7.44. The maximum absolute atomic E-state index is 13.5.